The summed E-state index contributed by atoms with van der Waals surface area (Å²) in [5.74, 6) is -0.0535. The molecule has 1 aliphatic heterocycles. The first-order valence-electron chi connectivity index (χ1n) is 10.6. The van der Waals surface area contributed by atoms with E-state index in [1.165, 1.54) is 4.90 Å². The van der Waals surface area contributed by atoms with E-state index < -0.39 is 6.04 Å². The number of halogens is 1. The summed E-state index contributed by atoms with van der Waals surface area (Å²) in [6.45, 7) is 2.80. The number of carbonyl (C=O) groups is 3. The third kappa shape index (κ3) is 4.74. The van der Waals surface area contributed by atoms with Crippen LogP contribution in [-0.2, 0) is 20.8 Å². The third-order valence-electron chi connectivity index (χ3n) is 5.65. The molecule has 1 saturated carbocycles. The van der Waals surface area contributed by atoms with Crippen LogP contribution in [0.2, 0.25) is 5.02 Å². The molecule has 1 saturated heterocycles. The lowest BCUT2D eigenvalue weighted by atomic mass is 10.1. The molecule has 2 aromatic carbocycles. The highest BCUT2D eigenvalue weighted by Crippen LogP contribution is 2.34. The SMILES string of the molecule is CCOc1ccc(N2C(=O)CC(N(CCc3cccc(Cl)c3)C(=O)C3CC3)C2=O)cc1. The number of nitrogens with zero attached hydrogens (tertiary/aromatic N) is 2. The molecule has 0 N–H and O–H groups in total. The number of carbonyl (C=O) groups excluding carboxylic acids is 3. The quantitative estimate of drug-likeness (QED) is 0.585. The standard InChI is InChI=1S/C24H25ClN2O4/c1-2-31-20-10-8-19(9-11-20)27-22(28)15-21(24(27)30)26(23(29)17-6-7-17)13-12-16-4-3-5-18(25)14-16/h3-5,8-11,14,17,21H,2,6-7,12-13,15H2,1H3. The summed E-state index contributed by atoms with van der Waals surface area (Å²) in [6, 6.07) is 13.6. The number of hydrogen-bond donors (Lipinski definition) is 0. The van der Waals surface area contributed by atoms with Crippen LogP contribution in [0.5, 0.6) is 5.75 Å². The Hall–Kier alpha value is -2.86. The molecule has 2 aromatic rings. The van der Waals surface area contributed by atoms with Crippen molar-refractivity contribution in [3.05, 3.63) is 59.1 Å². The molecule has 1 heterocycles. The van der Waals surface area contributed by atoms with Gasteiger partial charge in [0.05, 0.1) is 18.7 Å². The Bertz CT molecular complexity index is 987. The maximum atomic E-state index is 13.2. The van der Waals surface area contributed by atoms with Gasteiger partial charge in [0.1, 0.15) is 11.8 Å². The van der Waals surface area contributed by atoms with Gasteiger partial charge in [-0.05, 0) is 68.1 Å². The first-order chi connectivity index (χ1) is 15.0. The van der Waals surface area contributed by atoms with Crippen LogP contribution in [0.3, 0.4) is 0 Å². The largest absolute Gasteiger partial charge is 0.494 e. The molecule has 1 aliphatic carbocycles. The Morgan fingerprint density at radius 3 is 2.55 bits per heavy atom. The lowest BCUT2D eigenvalue weighted by molar-refractivity contribution is -0.139. The fraction of sp³-hybridized carbons (Fsp3) is 0.375. The summed E-state index contributed by atoms with van der Waals surface area (Å²) >= 11 is 6.08. The van der Waals surface area contributed by atoms with Gasteiger partial charge in [0.2, 0.25) is 11.8 Å². The van der Waals surface area contributed by atoms with Crippen molar-refractivity contribution in [2.75, 3.05) is 18.1 Å². The van der Waals surface area contributed by atoms with Crippen LogP contribution < -0.4 is 9.64 Å². The number of imide groups is 1. The average molecular weight is 441 g/mol. The molecule has 0 spiro atoms. The monoisotopic (exact) mass is 440 g/mol. The molecule has 2 fully saturated rings. The van der Waals surface area contributed by atoms with Crippen molar-refractivity contribution in [2.24, 2.45) is 5.92 Å². The van der Waals surface area contributed by atoms with Gasteiger partial charge in [-0.3, -0.25) is 14.4 Å². The highest BCUT2D eigenvalue weighted by atomic mass is 35.5. The van der Waals surface area contributed by atoms with E-state index in [0.717, 1.165) is 18.4 Å². The van der Waals surface area contributed by atoms with Crippen LogP contribution in [0.15, 0.2) is 48.5 Å². The zero-order chi connectivity index (χ0) is 22.0. The summed E-state index contributed by atoms with van der Waals surface area (Å²) in [5, 5.41) is 0.631. The molecule has 2 aliphatic rings. The minimum Gasteiger partial charge on any atom is -0.494 e. The number of hydrogen-bond acceptors (Lipinski definition) is 4. The van der Waals surface area contributed by atoms with Crippen LogP contribution in [0.4, 0.5) is 5.69 Å². The summed E-state index contributed by atoms with van der Waals surface area (Å²) in [7, 11) is 0. The highest BCUT2D eigenvalue weighted by molar-refractivity contribution is 6.30. The summed E-state index contributed by atoms with van der Waals surface area (Å²) in [5.41, 5.74) is 1.48. The fourth-order valence-corrected chi connectivity index (χ4v) is 4.13. The first-order valence-corrected chi connectivity index (χ1v) is 11.0. The van der Waals surface area contributed by atoms with Crippen LogP contribution in [0.1, 0.15) is 31.7 Å². The van der Waals surface area contributed by atoms with Gasteiger partial charge in [0.25, 0.3) is 5.91 Å². The van der Waals surface area contributed by atoms with E-state index in [1.807, 2.05) is 25.1 Å². The van der Waals surface area contributed by atoms with E-state index in [9.17, 15) is 14.4 Å². The normalized spacial score (nSPS) is 18.4. The predicted octanol–water partition coefficient (Wildman–Crippen LogP) is 3.85. The van der Waals surface area contributed by atoms with Gasteiger partial charge in [-0.1, -0.05) is 23.7 Å². The number of amides is 3. The molecule has 6 nitrogen and oxygen atoms in total. The zero-order valence-electron chi connectivity index (χ0n) is 17.4. The van der Waals surface area contributed by atoms with Gasteiger partial charge >= 0.3 is 0 Å². The van der Waals surface area contributed by atoms with Gasteiger partial charge in [0.15, 0.2) is 0 Å². The smallest absolute Gasteiger partial charge is 0.257 e. The Labute approximate surface area is 186 Å². The van der Waals surface area contributed by atoms with Crippen molar-refractivity contribution >= 4 is 35.0 Å². The number of anilines is 1. The summed E-state index contributed by atoms with van der Waals surface area (Å²) in [6.07, 6.45) is 2.24. The summed E-state index contributed by atoms with van der Waals surface area (Å²) in [4.78, 5) is 41.8. The van der Waals surface area contributed by atoms with Gasteiger partial charge in [-0.25, -0.2) is 4.90 Å². The zero-order valence-corrected chi connectivity index (χ0v) is 18.2. The first kappa shape index (κ1) is 21.4. The minimum atomic E-state index is -0.772. The van der Waals surface area contributed by atoms with Crippen molar-refractivity contribution in [3.63, 3.8) is 0 Å². The Balaban J connectivity index is 1.53. The molecule has 0 bridgehead atoms. The predicted molar refractivity (Wildman–Crippen MR) is 118 cm³/mol. The van der Waals surface area contributed by atoms with Gasteiger partial charge < -0.3 is 9.64 Å². The summed E-state index contributed by atoms with van der Waals surface area (Å²) < 4.78 is 5.43. The van der Waals surface area contributed by atoms with Crippen LogP contribution >= 0.6 is 11.6 Å². The second-order valence-electron chi connectivity index (χ2n) is 7.90. The maximum absolute atomic E-state index is 13.2. The van der Waals surface area contributed by atoms with E-state index in [0.29, 0.717) is 36.0 Å². The lowest BCUT2D eigenvalue weighted by Gasteiger charge is -2.28. The maximum Gasteiger partial charge on any atom is 0.257 e. The molecule has 31 heavy (non-hydrogen) atoms. The van der Waals surface area contributed by atoms with Gasteiger partial charge in [-0.15, -0.1) is 0 Å². The van der Waals surface area contributed by atoms with E-state index >= 15 is 0 Å². The fourth-order valence-electron chi connectivity index (χ4n) is 3.92. The topological polar surface area (TPSA) is 66.9 Å². The van der Waals surface area contributed by atoms with E-state index in [4.69, 9.17) is 16.3 Å². The van der Waals surface area contributed by atoms with Crippen molar-refractivity contribution in [2.45, 2.75) is 38.6 Å². The van der Waals surface area contributed by atoms with Crippen LogP contribution in [0, 0.1) is 5.92 Å². The van der Waals surface area contributed by atoms with Crippen molar-refractivity contribution in [3.8, 4) is 5.75 Å². The van der Waals surface area contributed by atoms with Gasteiger partial charge in [0, 0.05) is 17.5 Å². The van der Waals surface area contributed by atoms with E-state index in [-0.39, 0.29) is 30.1 Å². The van der Waals surface area contributed by atoms with Gasteiger partial charge in [-0.2, -0.15) is 0 Å². The third-order valence-corrected chi connectivity index (χ3v) is 5.88. The van der Waals surface area contributed by atoms with Crippen LogP contribution in [-0.4, -0.2) is 41.8 Å². The minimum absolute atomic E-state index is 0.0000502. The Morgan fingerprint density at radius 1 is 1.16 bits per heavy atom. The number of benzene rings is 2. The molecular weight excluding hydrogens is 416 g/mol. The Kier molecular flexibility index (Phi) is 6.28. The van der Waals surface area contributed by atoms with Crippen molar-refractivity contribution in [1.29, 1.82) is 0 Å². The number of rotatable bonds is 8. The molecule has 162 valence electrons. The van der Waals surface area contributed by atoms with E-state index in [1.54, 1.807) is 35.2 Å². The Morgan fingerprint density at radius 2 is 1.90 bits per heavy atom. The molecule has 0 radical (unpaired) electrons. The molecule has 3 amide bonds. The second-order valence-corrected chi connectivity index (χ2v) is 8.34. The molecule has 0 aromatic heterocycles. The molecule has 7 heteroatoms. The van der Waals surface area contributed by atoms with E-state index in [2.05, 4.69) is 0 Å². The number of ether oxygens (including phenoxy) is 1. The van der Waals surface area contributed by atoms with Crippen LogP contribution in [0.25, 0.3) is 0 Å². The van der Waals surface area contributed by atoms with Crippen molar-refractivity contribution in [1.82, 2.24) is 4.90 Å². The molecule has 4 rings (SSSR count). The highest BCUT2D eigenvalue weighted by Gasteiger charge is 2.46. The molecule has 1 unspecified atom stereocenters. The molecular formula is C24H25ClN2O4. The lowest BCUT2D eigenvalue weighted by Crippen LogP contribution is -2.47. The second kappa shape index (κ2) is 9.10. The average Bonchev–Trinajstić information content (AvgIpc) is 3.56. The van der Waals surface area contributed by atoms with Crippen molar-refractivity contribution < 1.29 is 19.1 Å². The molecule has 1 atom stereocenters.